The van der Waals surface area contributed by atoms with Crippen LogP contribution in [0.15, 0.2) is 59.5 Å². The molecule has 2 aromatic carbocycles. The molecule has 23 heteroatoms. The molecular weight excluding hydrogens is 736 g/mol. The SMILES string of the molecule is COc1ccc(COC(=O)Nc2ncnc3c2ncn3CC(=O)N(CCNS(=O)(=O)c2nnc(-c3ccc(Cl)cc3[N+](=O)[O-])s2)CC(=O)O)cc1. The zero-order valence-corrected chi connectivity index (χ0v) is 28.5. The lowest BCUT2D eigenvalue weighted by molar-refractivity contribution is -0.384. The van der Waals surface area contributed by atoms with E-state index in [1.54, 1.807) is 24.3 Å². The molecule has 0 bridgehead atoms. The number of amides is 2. The molecule has 5 aromatic rings. The van der Waals surface area contributed by atoms with Crippen LogP contribution in [0.25, 0.3) is 21.7 Å². The Kier molecular flexibility index (Phi) is 11.3. The predicted molar refractivity (Wildman–Crippen MR) is 179 cm³/mol. The van der Waals surface area contributed by atoms with Crippen LogP contribution >= 0.6 is 22.9 Å². The third-order valence-electron chi connectivity index (χ3n) is 6.83. The number of fused-ring (bicyclic) bond motifs is 1. The molecule has 0 radical (unpaired) electrons. The first-order valence-corrected chi connectivity index (χ1v) is 17.0. The molecule has 0 fully saturated rings. The third kappa shape index (κ3) is 9.04. The molecule has 0 aliphatic rings. The molecule has 2 amide bonds. The van der Waals surface area contributed by atoms with Crippen LogP contribution in [0, 0.1) is 10.1 Å². The zero-order chi connectivity index (χ0) is 36.7. The Balaban J connectivity index is 1.21. The van der Waals surface area contributed by atoms with Gasteiger partial charge in [0, 0.05) is 24.2 Å². The molecular formula is C28H25ClN10O10S2. The Morgan fingerprint density at radius 3 is 2.59 bits per heavy atom. The minimum atomic E-state index is -4.32. The van der Waals surface area contributed by atoms with Gasteiger partial charge in [-0.2, -0.15) is 0 Å². The number of ether oxygens (including phenoxy) is 2. The first-order chi connectivity index (χ1) is 24.3. The standard InChI is InChI=1S/C28H25ClN10O10S2/c1-48-18-5-2-16(3-6-18)13-49-27(43)34-24-23-25(31-14-30-24)38(15-32-23)11-21(40)37(12-22(41)42)9-8-33-51(46,47)28-36-35-26(50-28)19-7-4-17(29)10-20(19)39(44)45/h2-7,10,14-15,33H,8-9,11-13H2,1H3,(H,41,42)(H,30,31,34,43). The highest BCUT2D eigenvalue weighted by atomic mass is 35.5. The van der Waals surface area contributed by atoms with Gasteiger partial charge < -0.3 is 24.0 Å². The summed E-state index contributed by atoms with van der Waals surface area (Å²) in [6, 6.07) is 10.7. The molecule has 3 N–H and O–H groups in total. The summed E-state index contributed by atoms with van der Waals surface area (Å²) < 4.78 is 39.2. The number of anilines is 1. The number of benzene rings is 2. The van der Waals surface area contributed by atoms with Crippen LogP contribution < -0.4 is 14.8 Å². The number of rotatable bonds is 15. The smallest absolute Gasteiger partial charge is 0.413 e. The van der Waals surface area contributed by atoms with E-state index in [1.165, 1.54) is 30.1 Å². The van der Waals surface area contributed by atoms with E-state index in [-0.39, 0.29) is 45.7 Å². The second-order valence-electron chi connectivity index (χ2n) is 10.2. The molecule has 51 heavy (non-hydrogen) atoms. The summed E-state index contributed by atoms with van der Waals surface area (Å²) in [6.45, 7) is -2.05. The van der Waals surface area contributed by atoms with E-state index in [1.807, 2.05) is 0 Å². The normalized spacial score (nSPS) is 11.3. The average Bonchev–Trinajstić information content (AvgIpc) is 3.76. The number of nitrogens with one attached hydrogen (secondary N) is 2. The number of hydrogen-bond acceptors (Lipinski definition) is 15. The fourth-order valence-corrected chi connectivity index (χ4v) is 6.69. The van der Waals surface area contributed by atoms with Gasteiger partial charge in [0.25, 0.3) is 15.7 Å². The number of imidazole rings is 1. The molecule has 5 rings (SSSR count). The number of aromatic nitrogens is 6. The summed E-state index contributed by atoms with van der Waals surface area (Å²) in [4.78, 5) is 61.2. The maximum absolute atomic E-state index is 13.2. The Labute approximate surface area is 296 Å². The fourth-order valence-electron chi connectivity index (χ4n) is 4.43. The van der Waals surface area contributed by atoms with Crippen LogP contribution in [0.5, 0.6) is 5.75 Å². The molecule has 0 spiro atoms. The number of hydrogen-bond donors (Lipinski definition) is 3. The summed E-state index contributed by atoms with van der Waals surface area (Å²) in [5.41, 5.74) is 0.562. The maximum Gasteiger partial charge on any atom is 0.413 e. The number of carbonyl (C=O) groups is 3. The van der Waals surface area contributed by atoms with E-state index in [2.05, 4.69) is 35.2 Å². The second-order valence-corrected chi connectivity index (χ2v) is 13.6. The molecule has 0 aliphatic heterocycles. The van der Waals surface area contributed by atoms with E-state index < -0.39 is 62.6 Å². The molecule has 0 saturated carbocycles. The average molecular weight is 761 g/mol. The summed E-state index contributed by atoms with van der Waals surface area (Å²) in [5.74, 6) is -1.45. The minimum Gasteiger partial charge on any atom is -0.497 e. The van der Waals surface area contributed by atoms with Crippen molar-refractivity contribution in [2.75, 3.05) is 32.1 Å². The van der Waals surface area contributed by atoms with Crippen molar-refractivity contribution < 1.29 is 42.3 Å². The zero-order valence-electron chi connectivity index (χ0n) is 26.1. The van der Waals surface area contributed by atoms with Gasteiger partial charge in [-0.05, 0) is 29.8 Å². The van der Waals surface area contributed by atoms with Crippen molar-refractivity contribution in [1.82, 2.24) is 39.3 Å². The minimum absolute atomic E-state index is 0.00596. The van der Waals surface area contributed by atoms with Gasteiger partial charge in [0.15, 0.2) is 22.0 Å². The highest BCUT2D eigenvalue weighted by Crippen LogP contribution is 2.34. The van der Waals surface area contributed by atoms with Crippen molar-refractivity contribution in [1.29, 1.82) is 0 Å². The predicted octanol–water partition coefficient (Wildman–Crippen LogP) is 2.56. The molecule has 0 aliphatic carbocycles. The van der Waals surface area contributed by atoms with E-state index in [4.69, 9.17) is 21.1 Å². The molecule has 0 atom stereocenters. The van der Waals surface area contributed by atoms with E-state index >= 15 is 0 Å². The van der Waals surface area contributed by atoms with Crippen molar-refractivity contribution in [2.24, 2.45) is 0 Å². The molecule has 0 unspecified atom stereocenters. The van der Waals surface area contributed by atoms with Crippen molar-refractivity contribution in [3.63, 3.8) is 0 Å². The van der Waals surface area contributed by atoms with Crippen molar-refractivity contribution in [3.8, 4) is 16.3 Å². The fraction of sp³-hybridized carbons (Fsp3) is 0.214. The van der Waals surface area contributed by atoms with Gasteiger partial charge >= 0.3 is 12.1 Å². The number of nitro groups is 1. The monoisotopic (exact) mass is 760 g/mol. The summed E-state index contributed by atoms with van der Waals surface area (Å²) >= 11 is 6.41. The number of nitro benzene ring substituents is 1. The van der Waals surface area contributed by atoms with Crippen LogP contribution in [0.3, 0.4) is 0 Å². The van der Waals surface area contributed by atoms with Gasteiger partial charge in [0.05, 0.1) is 23.9 Å². The van der Waals surface area contributed by atoms with Gasteiger partial charge in [-0.1, -0.05) is 35.1 Å². The van der Waals surface area contributed by atoms with Gasteiger partial charge in [-0.25, -0.2) is 32.9 Å². The quantitative estimate of drug-likeness (QED) is 0.102. The summed E-state index contributed by atoms with van der Waals surface area (Å²) in [6.07, 6.45) is 1.53. The molecule has 3 heterocycles. The van der Waals surface area contributed by atoms with E-state index in [0.717, 1.165) is 17.3 Å². The van der Waals surface area contributed by atoms with Crippen molar-refractivity contribution in [3.05, 3.63) is 75.8 Å². The first kappa shape index (κ1) is 36.4. The van der Waals surface area contributed by atoms with Crippen LogP contribution in [0.1, 0.15) is 5.56 Å². The number of carboxylic acids is 1. The van der Waals surface area contributed by atoms with Crippen LogP contribution in [0.4, 0.5) is 16.3 Å². The van der Waals surface area contributed by atoms with Gasteiger partial charge in [0.1, 0.15) is 31.8 Å². The number of nitrogens with zero attached hydrogens (tertiary/aromatic N) is 8. The van der Waals surface area contributed by atoms with Crippen molar-refractivity contribution in [2.45, 2.75) is 17.5 Å². The highest BCUT2D eigenvalue weighted by Gasteiger charge is 2.26. The van der Waals surface area contributed by atoms with Crippen LogP contribution in [-0.2, 0) is 37.5 Å². The highest BCUT2D eigenvalue weighted by molar-refractivity contribution is 7.91. The number of aliphatic carboxylic acids is 1. The number of sulfonamides is 1. The van der Waals surface area contributed by atoms with Gasteiger partial charge in [0.2, 0.25) is 10.2 Å². The van der Waals surface area contributed by atoms with Gasteiger partial charge in [-0.3, -0.25) is 25.0 Å². The topological polar surface area (TPSA) is 264 Å². The molecule has 0 saturated heterocycles. The van der Waals surface area contributed by atoms with Crippen LogP contribution in [0.2, 0.25) is 5.02 Å². The lowest BCUT2D eigenvalue weighted by atomic mass is 10.2. The maximum atomic E-state index is 13.2. The molecule has 266 valence electrons. The Morgan fingerprint density at radius 1 is 1.12 bits per heavy atom. The Bertz CT molecular complexity index is 2210. The van der Waals surface area contributed by atoms with Crippen LogP contribution in [-0.4, -0.2) is 97.8 Å². The largest absolute Gasteiger partial charge is 0.497 e. The number of carbonyl (C=O) groups excluding carboxylic acids is 2. The second kappa shape index (κ2) is 15.8. The molecule has 3 aromatic heterocycles. The number of carboxylic acid groups (broad SMARTS) is 1. The summed E-state index contributed by atoms with van der Waals surface area (Å²) in [5, 5.41) is 30.8. The third-order valence-corrected chi connectivity index (χ3v) is 9.85. The Morgan fingerprint density at radius 2 is 1.88 bits per heavy atom. The van der Waals surface area contributed by atoms with E-state index in [9.17, 15) is 38.0 Å². The Hall–Kier alpha value is -5.84. The molecule has 20 nitrogen and oxygen atoms in total. The van der Waals surface area contributed by atoms with E-state index in [0.29, 0.717) is 22.6 Å². The van der Waals surface area contributed by atoms with Gasteiger partial charge in [-0.15, -0.1) is 10.2 Å². The number of methoxy groups -OCH3 is 1. The lowest BCUT2D eigenvalue weighted by Gasteiger charge is -2.21. The number of halogens is 1. The van der Waals surface area contributed by atoms with Crippen molar-refractivity contribution >= 4 is 73.6 Å². The summed E-state index contributed by atoms with van der Waals surface area (Å²) in [7, 11) is -2.79. The first-order valence-electron chi connectivity index (χ1n) is 14.3. The lowest BCUT2D eigenvalue weighted by Crippen LogP contribution is -2.42.